The summed E-state index contributed by atoms with van der Waals surface area (Å²) in [4.78, 5) is 23.2. The van der Waals surface area contributed by atoms with Gasteiger partial charge in [-0.25, -0.2) is 0 Å². The van der Waals surface area contributed by atoms with E-state index in [0.29, 0.717) is 6.42 Å². The van der Waals surface area contributed by atoms with Crippen molar-refractivity contribution < 1.29 is 14.3 Å². The Kier molecular flexibility index (Phi) is 2.22. The minimum atomic E-state index is -0.871. The van der Waals surface area contributed by atoms with E-state index in [1.165, 1.54) is 4.67 Å². The summed E-state index contributed by atoms with van der Waals surface area (Å²) in [6, 6.07) is 0. The largest absolute Gasteiger partial charge is 0.369 e. The van der Waals surface area contributed by atoms with Crippen LogP contribution < -0.4 is 0 Å². The average molecular weight is 229 g/mol. The van der Waals surface area contributed by atoms with Crippen molar-refractivity contribution >= 4 is 21.6 Å². The lowest BCUT2D eigenvalue weighted by Crippen LogP contribution is -2.54. The Balaban J connectivity index is 2.50. The molecule has 0 aliphatic carbocycles. The highest BCUT2D eigenvalue weighted by atomic mass is 31.0. The van der Waals surface area contributed by atoms with Crippen LogP contribution in [0.2, 0.25) is 0 Å². The third kappa shape index (κ3) is 1.09. The van der Waals surface area contributed by atoms with Crippen LogP contribution in [0.3, 0.4) is 0 Å². The van der Waals surface area contributed by atoms with Crippen LogP contribution in [0.5, 0.6) is 0 Å². The van der Waals surface area contributed by atoms with E-state index in [9.17, 15) is 9.59 Å². The third-order valence-corrected chi connectivity index (χ3v) is 4.74. The summed E-state index contributed by atoms with van der Waals surface area (Å²) in [5.41, 5.74) is -1.56. The van der Waals surface area contributed by atoms with E-state index in [1.54, 1.807) is 6.92 Å². The predicted octanol–water partition coefficient (Wildman–Crippen LogP) is 0.760. The first kappa shape index (κ1) is 11.0. The van der Waals surface area contributed by atoms with Crippen molar-refractivity contribution in [3.8, 4) is 0 Å². The quantitative estimate of drug-likeness (QED) is 0.492. The number of rotatable bonds is 1. The molecule has 0 aromatic heterocycles. The van der Waals surface area contributed by atoms with Gasteiger partial charge < -0.3 is 14.2 Å². The molecule has 2 aliphatic rings. The van der Waals surface area contributed by atoms with Crippen LogP contribution in [0, 0.1) is 5.92 Å². The van der Waals surface area contributed by atoms with Gasteiger partial charge in [0.05, 0.1) is 12.0 Å². The van der Waals surface area contributed by atoms with Crippen LogP contribution in [0.15, 0.2) is 0 Å². The zero-order chi connectivity index (χ0) is 11.4. The lowest BCUT2D eigenvalue weighted by Gasteiger charge is -2.38. The molecule has 2 saturated heterocycles. The predicted molar refractivity (Wildman–Crippen MR) is 58.1 cm³/mol. The molecule has 4 nitrogen and oxygen atoms in total. The maximum Gasteiger partial charge on any atom is 0.232 e. The van der Waals surface area contributed by atoms with Gasteiger partial charge in [-0.05, 0) is 36.6 Å². The molecule has 2 fully saturated rings. The Bertz CT molecular complexity index is 335. The number of hydrogen-bond donors (Lipinski definition) is 0. The van der Waals surface area contributed by atoms with Crippen molar-refractivity contribution in [3.63, 3.8) is 0 Å². The molecular formula is C10H16NO3P. The monoisotopic (exact) mass is 229 g/mol. The molecule has 2 aliphatic heterocycles. The fourth-order valence-corrected chi connectivity index (χ4v) is 3.22. The van der Waals surface area contributed by atoms with Gasteiger partial charge in [-0.15, -0.1) is 0 Å². The van der Waals surface area contributed by atoms with Gasteiger partial charge in [0.25, 0.3) is 0 Å². The van der Waals surface area contributed by atoms with Crippen LogP contribution in [-0.2, 0) is 14.3 Å². The fraction of sp³-hybridized carbons (Fsp3) is 0.800. The van der Waals surface area contributed by atoms with Gasteiger partial charge in [-0.1, -0.05) is 0 Å². The second kappa shape index (κ2) is 3.02. The molecule has 1 amide bonds. The molecular weight excluding hydrogens is 213 g/mol. The Labute approximate surface area is 91.6 Å². The zero-order valence-electron chi connectivity index (χ0n) is 9.19. The topological polar surface area (TPSA) is 46.6 Å². The van der Waals surface area contributed by atoms with E-state index < -0.39 is 11.1 Å². The van der Waals surface area contributed by atoms with Crippen molar-refractivity contribution in [1.82, 2.24) is 4.67 Å². The average Bonchev–Trinajstić information content (AvgIpc) is 2.56. The van der Waals surface area contributed by atoms with Crippen molar-refractivity contribution in [2.24, 2.45) is 5.92 Å². The minimum Gasteiger partial charge on any atom is -0.369 e. The van der Waals surface area contributed by atoms with Gasteiger partial charge in [0.2, 0.25) is 5.91 Å². The van der Waals surface area contributed by atoms with Crippen molar-refractivity contribution in [2.75, 3.05) is 0 Å². The van der Waals surface area contributed by atoms with Gasteiger partial charge in [0.1, 0.15) is 17.4 Å². The molecule has 5 heteroatoms. The Hall–Kier alpha value is -0.470. The van der Waals surface area contributed by atoms with Crippen molar-refractivity contribution in [1.29, 1.82) is 0 Å². The highest BCUT2D eigenvalue weighted by Gasteiger charge is 2.67. The molecule has 0 spiro atoms. The normalized spacial score (nSPS) is 49.6. The number of hydrogen-bond acceptors (Lipinski definition) is 3. The second-order valence-corrected chi connectivity index (χ2v) is 5.31. The molecule has 1 unspecified atom stereocenters. The lowest BCUT2D eigenvalue weighted by atomic mass is 9.79. The number of fused-ring (bicyclic) bond motifs is 1. The van der Waals surface area contributed by atoms with Crippen molar-refractivity contribution in [2.45, 2.75) is 44.4 Å². The first-order chi connectivity index (χ1) is 6.87. The number of aldehydes is 1. The summed E-state index contributed by atoms with van der Waals surface area (Å²) >= 11 is 0. The molecule has 0 N–H and O–H groups in total. The summed E-state index contributed by atoms with van der Waals surface area (Å²) in [5, 5.41) is 0. The SMILES string of the molecule is C[C@H]1C[C@H]2C(=O)N(P)[C@](C)(C=O)[C@@]2(C)O1. The molecule has 0 aromatic carbocycles. The molecule has 2 rings (SSSR count). The molecule has 0 aromatic rings. The van der Waals surface area contributed by atoms with Crippen LogP contribution in [-0.4, -0.2) is 34.1 Å². The maximum atomic E-state index is 12.0. The summed E-state index contributed by atoms with van der Waals surface area (Å²) in [7, 11) is 2.34. The van der Waals surface area contributed by atoms with E-state index in [2.05, 4.69) is 9.39 Å². The zero-order valence-corrected chi connectivity index (χ0v) is 10.3. The van der Waals surface area contributed by atoms with Gasteiger partial charge in [0.15, 0.2) is 0 Å². The number of nitrogens with zero attached hydrogens (tertiary/aromatic N) is 1. The van der Waals surface area contributed by atoms with Crippen LogP contribution in [0.4, 0.5) is 0 Å². The highest BCUT2D eigenvalue weighted by Crippen LogP contribution is 2.52. The summed E-state index contributed by atoms with van der Waals surface area (Å²) in [6.45, 7) is 5.55. The van der Waals surface area contributed by atoms with Crippen LogP contribution >= 0.6 is 9.39 Å². The van der Waals surface area contributed by atoms with Gasteiger partial charge in [0, 0.05) is 0 Å². The first-order valence-electron chi connectivity index (χ1n) is 5.09. The van der Waals surface area contributed by atoms with Gasteiger partial charge >= 0.3 is 0 Å². The molecule has 15 heavy (non-hydrogen) atoms. The smallest absolute Gasteiger partial charge is 0.232 e. The molecule has 5 atom stereocenters. The Morgan fingerprint density at radius 3 is 2.73 bits per heavy atom. The number of ether oxygens (including phenoxy) is 1. The van der Waals surface area contributed by atoms with Gasteiger partial charge in [-0.2, -0.15) is 0 Å². The number of carbonyl (C=O) groups is 2. The molecule has 0 radical (unpaired) electrons. The summed E-state index contributed by atoms with van der Waals surface area (Å²) in [5.74, 6) is -0.207. The Morgan fingerprint density at radius 1 is 1.60 bits per heavy atom. The summed E-state index contributed by atoms with van der Waals surface area (Å²) in [6.07, 6.45) is 1.56. The number of carbonyl (C=O) groups excluding carboxylic acids is 2. The van der Waals surface area contributed by atoms with E-state index in [-0.39, 0.29) is 17.9 Å². The lowest BCUT2D eigenvalue weighted by molar-refractivity contribution is -0.134. The Morgan fingerprint density at radius 2 is 2.20 bits per heavy atom. The van der Waals surface area contributed by atoms with E-state index in [0.717, 1.165) is 6.29 Å². The molecule has 84 valence electrons. The summed E-state index contributed by atoms with van der Waals surface area (Å²) < 4.78 is 7.25. The van der Waals surface area contributed by atoms with E-state index >= 15 is 0 Å². The fourth-order valence-electron chi connectivity index (χ4n) is 2.72. The third-order valence-electron chi connectivity index (χ3n) is 3.95. The number of amides is 1. The molecule has 2 heterocycles. The van der Waals surface area contributed by atoms with E-state index in [4.69, 9.17) is 4.74 Å². The van der Waals surface area contributed by atoms with Crippen LogP contribution in [0.25, 0.3) is 0 Å². The first-order valence-corrected chi connectivity index (χ1v) is 5.61. The molecule has 0 saturated carbocycles. The minimum absolute atomic E-state index is 0.0125. The van der Waals surface area contributed by atoms with E-state index in [1.807, 2.05) is 13.8 Å². The molecule has 0 bridgehead atoms. The maximum absolute atomic E-state index is 12.0. The standard InChI is InChI=1S/C10H16NO3P/c1-6-4-7-8(13)11(15)9(2,5-12)10(7,3)14-6/h5-7H,4,15H2,1-3H3/t6-,7-,9+,10-/m0/s1. The highest BCUT2D eigenvalue weighted by molar-refractivity contribution is 7.15. The van der Waals surface area contributed by atoms with Crippen LogP contribution in [0.1, 0.15) is 27.2 Å². The second-order valence-electron chi connectivity index (χ2n) is 4.80. The van der Waals surface area contributed by atoms with Crippen molar-refractivity contribution in [3.05, 3.63) is 0 Å². The van der Waals surface area contributed by atoms with Gasteiger partial charge in [-0.3, -0.25) is 4.79 Å².